The van der Waals surface area contributed by atoms with E-state index in [4.69, 9.17) is 10.5 Å². The molecule has 0 radical (unpaired) electrons. The zero-order chi connectivity index (χ0) is 7.56. The van der Waals surface area contributed by atoms with Crippen LogP contribution in [0, 0.1) is 0 Å². The van der Waals surface area contributed by atoms with Gasteiger partial charge in [0.15, 0.2) is 0 Å². The molecule has 1 saturated carbocycles. The second-order valence-electron chi connectivity index (χ2n) is 2.98. The van der Waals surface area contributed by atoms with Crippen LogP contribution >= 0.6 is 0 Å². The summed E-state index contributed by atoms with van der Waals surface area (Å²) in [5.41, 5.74) is 5.65. The molecule has 0 aromatic heterocycles. The zero-order valence-corrected chi connectivity index (χ0v) is 6.29. The van der Waals surface area contributed by atoms with Gasteiger partial charge in [0, 0.05) is 13.2 Å². The van der Waals surface area contributed by atoms with Gasteiger partial charge in [-0.05, 0) is 19.3 Å². The Bertz CT molecular complexity index is 97.8. The summed E-state index contributed by atoms with van der Waals surface area (Å²) in [5, 5.41) is 9.22. The lowest BCUT2D eigenvalue weighted by Crippen LogP contribution is -2.38. The highest BCUT2D eigenvalue weighted by molar-refractivity contribution is 4.80. The van der Waals surface area contributed by atoms with E-state index >= 15 is 0 Å². The Morgan fingerprint density at radius 2 is 2.10 bits per heavy atom. The van der Waals surface area contributed by atoms with Gasteiger partial charge in [-0.15, -0.1) is 0 Å². The van der Waals surface area contributed by atoms with E-state index in [1.54, 1.807) is 7.11 Å². The molecule has 3 heteroatoms. The van der Waals surface area contributed by atoms with Gasteiger partial charge in [-0.2, -0.15) is 0 Å². The summed E-state index contributed by atoms with van der Waals surface area (Å²) in [6, 6.07) is 0.119. The van der Waals surface area contributed by atoms with E-state index in [1.807, 2.05) is 0 Å². The fourth-order valence-electron chi connectivity index (χ4n) is 1.47. The monoisotopic (exact) mass is 145 g/mol. The minimum Gasteiger partial charge on any atom is -0.393 e. The van der Waals surface area contributed by atoms with Crippen LogP contribution in [0.25, 0.3) is 0 Å². The number of aliphatic hydroxyl groups is 1. The van der Waals surface area contributed by atoms with Crippen molar-refractivity contribution in [2.45, 2.75) is 37.5 Å². The molecule has 3 atom stereocenters. The molecule has 0 saturated heterocycles. The molecule has 1 rings (SSSR count). The maximum absolute atomic E-state index is 9.22. The number of rotatable bonds is 1. The molecule has 1 aliphatic rings. The van der Waals surface area contributed by atoms with Crippen molar-refractivity contribution in [2.24, 2.45) is 5.73 Å². The second kappa shape index (κ2) is 3.32. The lowest BCUT2D eigenvalue weighted by atomic mass is 9.91. The maximum Gasteiger partial charge on any atom is 0.0610 e. The zero-order valence-electron chi connectivity index (χ0n) is 6.29. The fraction of sp³-hybridized carbons (Fsp3) is 1.00. The van der Waals surface area contributed by atoms with Crippen LogP contribution in [0.3, 0.4) is 0 Å². The lowest BCUT2D eigenvalue weighted by molar-refractivity contribution is 0.00430. The van der Waals surface area contributed by atoms with Gasteiger partial charge in [-0.3, -0.25) is 0 Å². The predicted molar refractivity (Wildman–Crippen MR) is 38.6 cm³/mol. The molecule has 1 fully saturated rings. The Labute approximate surface area is 61.2 Å². The van der Waals surface area contributed by atoms with E-state index in [2.05, 4.69) is 0 Å². The number of nitrogens with two attached hydrogens (primary N) is 1. The number of ether oxygens (including phenoxy) is 1. The van der Waals surface area contributed by atoms with Crippen LogP contribution in [-0.2, 0) is 4.74 Å². The first-order chi connectivity index (χ1) is 4.72. The molecule has 3 nitrogen and oxygen atoms in total. The first-order valence-electron chi connectivity index (χ1n) is 3.68. The molecule has 0 heterocycles. The van der Waals surface area contributed by atoms with Crippen molar-refractivity contribution in [1.29, 1.82) is 0 Å². The van der Waals surface area contributed by atoms with Crippen molar-refractivity contribution in [3.8, 4) is 0 Å². The summed E-state index contributed by atoms with van der Waals surface area (Å²) in [5.74, 6) is 0. The molecule has 0 aliphatic heterocycles. The minimum absolute atomic E-state index is 0.119. The second-order valence-corrected chi connectivity index (χ2v) is 2.98. The van der Waals surface area contributed by atoms with Crippen molar-refractivity contribution in [3.05, 3.63) is 0 Å². The van der Waals surface area contributed by atoms with E-state index in [0.29, 0.717) is 0 Å². The summed E-state index contributed by atoms with van der Waals surface area (Å²) in [4.78, 5) is 0. The Balaban J connectivity index is 2.35. The van der Waals surface area contributed by atoms with Gasteiger partial charge in [0.2, 0.25) is 0 Å². The van der Waals surface area contributed by atoms with Crippen LogP contribution in [-0.4, -0.2) is 30.5 Å². The summed E-state index contributed by atoms with van der Waals surface area (Å²) in [6.45, 7) is 0. The standard InChI is InChI=1S/C7H15NO2/c1-10-7-3-5(8)2-6(9)4-7/h5-7,9H,2-4,8H2,1H3/t5-,6-,7+/m0/s1. The summed E-state index contributed by atoms with van der Waals surface area (Å²) < 4.78 is 5.09. The summed E-state index contributed by atoms with van der Waals surface area (Å²) in [6.07, 6.45) is 2.25. The highest BCUT2D eigenvalue weighted by atomic mass is 16.5. The molecule has 0 spiro atoms. The molecule has 0 bridgehead atoms. The summed E-state index contributed by atoms with van der Waals surface area (Å²) in [7, 11) is 1.66. The molecule has 10 heavy (non-hydrogen) atoms. The number of hydrogen-bond donors (Lipinski definition) is 2. The highest BCUT2D eigenvalue weighted by Gasteiger charge is 2.24. The third-order valence-electron chi connectivity index (χ3n) is 2.01. The maximum atomic E-state index is 9.22. The van der Waals surface area contributed by atoms with Crippen LogP contribution in [0.1, 0.15) is 19.3 Å². The molecule has 0 aromatic rings. The average Bonchev–Trinajstić information content (AvgIpc) is 1.85. The normalized spacial score (nSPS) is 41.7. The smallest absolute Gasteiger partial charge is 0.0610 e. The van der Waals surface area contributed by atoms with Crippen molar-refractivity contribution >= 4 is 0 Å². The molecule has 60 valence electrons. The topological polar surface area (TPSA) is 55.5 Å². The van der Waals surface area contributed by atoms with Gasteiger partial charge in [0.1, 0.15) is 0 Å². The van der Waals surface area contributed by atoms with Crippen LogP contribution in [0.4, 0.5) is 0 Å². The number of methoxy groups -OCH3 is 1. The van der Waals surface area contributed by atoms with Crippen LogP contribution in [0.5, 0.6) is 0 Å². The van der Waals surface area contributed by atoms with E-state index < -0.39 is 0 Å². The van der Waals surface area contributed by atoms with Crippen LogP contribution in [0.15, 0.2) is 0 Å². The van der Waals surface area contributed by atoms with Crippen LogP contribution < -0.4 is 5.73 Å². The van der Waals surface area contributed by atoms with Gasteiger partial charge in [-0.25, -0.2) is 0 Å². The third-order valence-corrected chi connectivity index (χ3v) is 2.01. The van der Waals surface area contributed by atoms with E-state index in [9.17, 15) is 5.11 Å². The fourth-order valence-corrected chi connectivity index (χ4v) is 1.47. The summed E-state index contributed by atoms with van der Waals surface area (Å²) >= 11 is 0. The lowest BCUT2D eigenvalue weighted by Gasteiger charge is -2.29. The van der Waals surface area contributed by atoms with Gasteiger partial charge in [0.25, 0.3) is 0 Å². The Hall–Kier alpha value is -0.120. The Morgan fingerprint density at radius 1 is 1.40 bits per heavy atom. The van der Waals surface area contributed by atoms with E-state index in [-0.39, 0.29) is 18.2 Å². The molecule has 0 amide bonds. The predicted octanol–water partition coefficient (Wildman–Crippen LogP) is -0.127. The first kappa shape index (κ1) is 7.98. The van der Waals surface area contributed by atoms with Crippen molar-refractivity contribution in [3.63, 3.8) is 0 Å². The Morgan fingerprint density at radius 3 is 2.60 bits per heavy atom. The van der Waals surface area contributed by atoms with Crippen LogP contribution in [0.2, 0.25) is 0 Å². The molecule has 0 unspecified atom stereocenters. The minimum atomic E-state index is -0.256. The quantitative estimate of drug-likeness (QED) is 0.540. The van der Waals surface area contributed by atoms with E-state index in [1.165, 1.54) is 0 Å². The van der Waals surface area contributed by atoms with Crippen molar-refractivity contribution < 1.29 is 9.84 Å². The SMILES string of the molecule is CO[C@@H]1C[C@@H](N)C[C@H](O)C1. The Kier molecular flexibility index (Phi) is 2.65. The molecule has 1 aliphatic carbocycles. The first-order valence-corrected chi connectivity index (χ1v) is 3.68. The average molecular weight is 145 g/mol. The number of hydrogen-bond acceptors (Lipinski definition) is 3. The van der Waals surface area contributed by atoms with Gasteiger partial charge in [-0.1, -0.05) is 0 Å². The van der Waals surface area contributed by atoms with Crippen molar-refractivity contribution in [1.82, 2.24) is 0 Å². The van der Waals surface area contributed by atoms with Gasteiger partial charge < -0.3 is 15.6 Å². The van der Waals surface area contributed by atoms with E-state index in [0.717, 1.165) is 19.3 Å². The number of aliphatic hydroxyl groups excluding tert-OH is 1. The molecular weight excluding hydrogens is 130 g/mol. The van der Waals surface area contributed by atoms with Gasteiger partial charge in [0.05, 0.1) is 12.2 Å². The molecule has 0 aromatic carbocycles. The van der Waals surface area contributed by atoms with Crippen molar-refractivity contribution in [2.75, 3.05) is 7.11 Å². The third kappa shape index (κ3) is 1.94. The largest absolute Gasteiger partial charge is 0.393 e. The highest BCUT2D eigenvalue weighted by Crippen LogP contribution is 2.19. The molecule has 3 N–H and O–H groups in total. The van der Waals surface area contributed by atoms with Gasteiger partial charge >= 0.3 is 0 Å². The molecular formula is C7H15NO2.